The molecule has 1 atom stereocenters. The van der Waals surface area contributed by atoms with Crippen molar-refractivity contribution in [3.05, 3.63) is 35.9 Å². The molecule has 126 valence electrons. The maximum atomic E-state index is 11.3. The first-order valence-electron chi connectivity index (χ1n) is 7.85. The molecular weight excluding hydrogens is 295 g/mol. The van der Waals surface area contributed by atoms with Crippen molar-refractivity contribution in [2.75, 3.05) is 13.7 Å². The Morgan fingerprint density at radius 1 is 1.13 bits per heavy atom. The van der Waals surface area contributed by atoms with Crippen molar-refractivity contribution < 1.29 is 23.6 Å². The second kappa shape index (κ2) is 6.93. The summed E-state index contributed by atoms with van der Waals surface area (Å²) in [7, 11) is 0.855. The molecule has 1 fully saturated rings. The van der Waals surface area contributed by atoms with E-state index in [0.717, 1.165) is 5.56 Å². The maximum Gasteiger partial charge on any atom is 0.507 e. The highest BCUT2D eigenvalue weighted by molar-refractivity contribution is 6.47. The zero-order chi connectivity index (χ0) is 17.1. The van der Waals surface area contributed by atoms with E-state index in [4.69, 9.17) is 14.0 Å². The third-order valence-electron chi connectivity index (χ3n) is 4.58. The second-order valence-corrected chi connectivity index (χ2v) is 6.84. The van der Waals surface area contributed by atoms with Gasteiger partial charge < -0.3 is 18.8 Å². The van der Waals surface area contributed by atoms with Crippen LogP contribution in [0.4, 0.5) is 4.79 Å². The molecule has 6 heteroatoms. The summed E-state index contributed by atoms with van der Waals surface area (Å²) < 4.78 is 21.9. The van der Waals surface area contributed by atoms with Crippen molar-refractivity contribution >= 4 is 13.3 Å². The molecule has 0 N–H and O–H groups in total. The van der Waals surface area contributed by atoms with Gasteiger partial charge in [0.2, 0.25) is 0 Å². The van der Waals surface area contributed by atoms with Crippen LogP contribution < -0.4 is 0 Å². The van der Waals surface area contributed by atoms with E-state index < -0.39 is 24.5 Å². The van der Waals surface area contributed by atoms with E-state index in [2.05, 4.69) is 4.74 Å². The van der Waals surface area contributed by atoms with E-state index in [0.29, 0.717) is 6.42 Å². The van der Waals surface area contributed by atoms with E-state index in [-0.39, 0.29) is 12.4 Å². The van der Waals surface area contributed by atoms with Gasteiger partial charge >= 0.3 is 13.3 Å². The molecule has 1 aliphatic rings. The molecule has 2 rings (SSSR count). The van der Waals surface area contributed by atoms with Gasteiger partial charge in [0, 0.05) is 5.82 Å². The maximum absolute atomic E-state index is 11.3. The van der Waals surface area contributed by atoms with Crippen molar-refractivity contribution in [1.82, 2.24) is 0 Å². The summed E-state index contributed by atoms with van der Waals surface area (Å²) in [5.74, 6) is -0.113. The minimum Gasteiger partial charge on any atom is -0.438 e. The lowest BCUT2D eigenvalue weighted by molar-refractivity contribution is 0.00578. The van der Waals surface area contributed by atoms with Gasteiger partial charge in [-0.3, -0.25) is 0 Å². The zero-order valence-corrected chi connectivity index (χ0v) is 14.5. The number of rotatable bonds is 5. The summed E-state index contributed by atoms with van der Waals surface area (Å²) in [4.78, 5) is 11.3. The Morgan fingerprint density at radius 2 is 1.70 bits per heavy atom. The molecule has 0 aromatic heterocycles. The van der Waals surface area contributed by atoms with Crippen LogP contribution in [0.5, 0.6) is 0 Å². The molecule has 1 saturated heterocycles. The lowest BCUT2D eigenvalue weighted by atomic mass is 9.69. The summed E-state index contributed by atoms with van der Waals surface area (Å²) in [6, 6.07) is 10.0. The topological polar surface area (TPSA) is 54.0 Å². The van der Waals surface area contributed by atoms with Gasteiger partial charge in [-0.1, -0.05) is 30.3 Å². The number of ether oxygens (including phenoxy) is 2. The molecule has 23 heavy (non-hydrogen) atoms. The Kier molecular flexibility index (Phi) is 5.37. The normalized spacial score (nSPS) is 20.1. The van der Waals surface area contributed by atoms with Crippen LogP contribution in [0.2, 0.25) is 5.82 Å². The number of hydrogen-bond donors (Lipinski definition) is 0. The van der Waals surface area contributed by atoms with E-state index in [9.17, 15) is 4.79 Å². The van der Waals surface area contributed by atoms with Gasteiger partial charge in [0.15, 0.2) is 0 Å². The van der Waals surface area contributed by atoms with E-state index >= 15 is 0 Å². The summed E-state index contributed by atoms with van der Waals surface area (Å²) in [6.07, 6.45) is -0.00569. The molecule has 0 aliphatic carbocycles. The zero-order valence-electron chi connectivity index (χ0n) is 14.5. The fourth-order valence-corrected chi connectivity index (χ4v) is 2.47. The number of carbonyl (C=O) groups is 1. The molecule has 1 unspecified atom stereocenters. The van der Waals surface area contributed by atoms with Crippen LogP contribution in [0.1, 0.15) is 33.3 Å². The summed E-state index contributed by atoms with van der Waals surface area (Å²) in [5, 5.41) is 0. The second-order valence-electron chi connectivity index (χ2n) is 6.84. The lowest BCUT2D eigenvalue weighted by Crippen LogP contribution is -2.41. The van der Waals surface area contributed by atoms with E-state index in [1.54, 1.807) is 0 Å². The minimum absolute atomic E-state index is 0.113. The van der Waals surface area contributed by atoms with Crippen LogP contribution in [-0.4, -0.2) is 38.2 Å². The van der Waals surface area contributed by atoms with Crippen molar-refractivity contribution in [2.24, 2.45) is 0 Å². The highest BCUT2D eigenvalue weighted by Crippen LogP contribution is 2.40. The predicted molar refractivity (Wildman–Crippen MR) is 88.3 cm³/mol. The molecular formula is C17H25BO5. The van der Waals surface area contributed by atoms with Crippen molar-refractivity contribution in [1.29, 1.82) is 0 Å². The smallest absolute Gasteiger partial charge is 0.438 e. The van der Waals surface area contributed by atoms with Gasteiger partial charge in [0.25, 0.3) is 0 Å². The van der Waals surface area contributed by atoms with E-state index in [1.165, 1.54) is 7.11 Å². The Hall–Kier alpha value is -1.53. The van der Waals surface area contributed by atoms with Gasteiger partial charge in [-0.2, -0.15) is 0 Å². The fourth-order valence-electron chi connectivity index (χ4n) is 2.47. The van der Waals surface area contributed by atoms with Crippen LogP contribution in [0, 0.1) is 0 Å². The van der Waals surface area contributed by atoms with Crippen molar-refractivity contribution in [3.8, 4) is 0 Å². The molecule has 0 saturated carbocycles. The Labute approximate surface area is 138 Å². The average Bonchev–Trinajstić information content (AvgIpc) is 2.72. The monoisotopic (exact) mass is 320 g/mol. The van der Waals surface area contributed by atoms with Gasteiger partial charge in [-0.05, 0) is 39.7 Å². The Morgan fingerprint density at radius 3 is 2.22 bits per heavy atom. The number of benzene rings is 1. The molecule has 0 spiro atoms. The summed E-state index contributed by atoms with van der Waals surface area (Å²) in [5.41, 5.74) is 0.302. The molecule has 5 nitrogen and oxygen atoms in total. The molecule has 1 aromatic rings. The molecule has 1 heterocycles. The molecule has 0 radical (unpaired) electrons. The first-order valence-corrected chi connectivity index (χ1v) is 7.85. The molecule has 1 aliphatic heterocycles. The van der Waals surface area contributed by atoms with Gasteiger partial charge in [-0.15, -0.1) is 0 Å². The summed E-state index contributed by atoms with van der Waals surface area (Å²) >= 11 is 0. The quantitative estimate of drug-likeness (QED) is 0.614. The first kappa shape index (κ1) is 17.8. The van der Waals surface area contributed by atoms with Crippen LogP contribution in [0.25, 0.3) is 0 Å². The SMILES string of the molecule is COC(=O)OCC(Cc1ccccc1)B1OC(C)(C)C(C)(C)O1. The van der Waals surface area contributed by atoms with Crippen LogP contribution in [0.3, 0.4) is 0 Å². The first-order chi connectivity index (χ1) is 10.7. The molecule has 0 amide bonds. The molecule has 0 bridgehead atoms. The van der Waals surface area contributed by atoms with Crippen LogP contribution >= 0.6 is 0 Å². The lowest BCUT2D eigenvalue weighted by Gasteiger charge is -2.32. The Bertz CT molecular complexity index is 513. The highest BCUT2D eigenvalue weighted by atomic mass is 16.7. The number of hydrogen-bond acceptors (Lipinski definition) is 5. The third kappa shape index (κ3) is 4.27. The van der Waals surface area contributed by atoms with Gasteiger partial charge in [-0.25, -0.2) is 4.79 Å². The highest BCUT2D eigenvalue weighted by Gasteiger charge is 2.53. The van der Waals surface area contributed by atoms with Crippen molar-refractivity contribution in [3.63, 3.8) is 0 Å². The summed E-state index contributed by atoms with van der Waals surface area (Å²) in [6.45, 7) is 8.21. The Balaban J connectivity index is 2.12. The predicted octanol–water partition coefficient (Wildman–Crippen LogP) is 3.47. The van der Waals surface area contributed by atoms with Crippen LogP contribution in [-0.2, 0) is 25.2 Å². The largest absolute Gasteiger partial charge is 0.507 e. The fraction of sp³-hybridized carbons (Fsp3) is 0.588. The van der Waals surface area contributed by atoms with Gasteiger partial charge in [0.05, 0.1) is 24.9 Å². The van der Waals surface area contributed by atoms with Crippen molar-refractivity contribution in [2.45, 2.75) is 51.1 Å². The standard InChI is InChI=1S/C17H25BO5/c1-16(2)17(3,4)23-18(22-16)14(12-21-15(19)20-5)11-13-9-7-6-8-10-13/h6-10,14H,11-12H2,1-5H3. The van der Waals surface area contributed by atoms with Crippen LogP contribution in [0.15, 0.2) is 30.3 Å². The number of methoxy groups -OCH3 is 1. The molecule has 1 aromatic carbocycles. The minimum atomic E-state index is -0.695. The third-order valence-corrected chi connectivity index (χ3v) is 4.58. The van der Waals surface area contributed by atoms with E-state index in [1.807, 2.05) is 58.0 Å². The van der Waals surface area contributed by atoms with Gasteiger partial charge in [0.1, 0.15) is 0 Å². The number of carbonyl (C=O) groups excluding carboxylic acids is 1. The average molecular weight is 320 g/mol.